The standard InChI is InChI=1S/C14H21FN2O4S/c1-11-9-17(10-12(2)21-11)22(18,19)16-6-7-20-14-5-3-4-13(15)8-14/h3-5,8,11-12,16H,6-7,9-10H2,1-2H3/t11-,12-/m1/s1. The summed E-state index contributed by atoms with van der Waals surface area (Å²) in [5.41, 5.74) is 0. The second-order valence-corrected chi connectivity index (χ2v) is 7.03. The fraction of sp³-hybridized carbons (Fsp3) is 0.571. The summed E-state index contributed by atoms with van der Waals surface area (Å²) in [7, 11) is -3.56. The molecular weight excluding hydrogens is 311 g/mol. The van der Waals surface area contributed by atoms with Gasteiger partial charge in [-0.15, -0.1) is 0 Å². The predicted octanol–water partition coefficient (Wildman–Crippen LogP) is 1.15. The Labute approximate surface area is 130 Å². The summed E-state index contributed by atoms with van der Waals surface area (Å²) in [5.74, 6) is -0.0258. The molecule has 2 rings (SSSR count). The molecule has 0 aromatic heterocycles. The molecule has 1 saturated heterocycles. The molecule has 6 nitrogen and oxygen atoms in total. The van der Waals surface area contributed by atoms with Crippen LogP contribution in [0.25, 0.3) is 0 Å². The highest BCUT2D eigenvalue weighted by Gasteiger charge is 2.30. The van der Waals surface area contributed by atoms with Gasteiger partial charge in [-0.25, -0.2) is 4.39 Å². The number of halogens is 1. The first kappa shape index (κ1) is 17.1. The molecule has 0 bridgehead atoms. The van der Waals surface area contributed by atoms with Crippen molar-refractivity contribution in [2.24, 2.45) is 0 Å². The molecule has 1 fully saturated rings. The van der Waals surface area contributed by atoms with Crippen molar-refractivity contribution in [3.05, 3.63) is 30.1 Å². The van der Waals surface area contributed by atoms with E-state index in [2.05, 4.69) is 4.72 Å². The Morgan fingerprint density at radius 3 is 2.68 bits per heavy atom. The maximum atomic E-state index is 13.0. The Bertz CT molecular complexity index is 586. The van der Waals surface area contributed by atoms with Crippen LogP contribution in [0, 0.1) is 5.82 Å². The Kier molecular flexibility index (Phi) is 5.74. The Balaban J connectivity index is 1.80. The van der Waals surface area contributed by atoms with E-state index in [9.17, 15) is 12.8 Å². The van der Waals surface area contributed by atoms with Crippen LogP contribution in [0.5, 0.6) is 5.75 Å². The van der Waals surface area contributed by atoms with Gasteiger partial charge < -0.3 is 9.47 Å². The largest absolute Gasteiger partial charge is 0.492 e. The van der Waals surface area contributed by atoms with E-state index in [1.807, 2.05) is 13.8 Å². The van der Waals surface area contributed by atoms with Crippen LogP contribution < -0.4 is 9.46 Å². The van der Waals surface area contributed by atoms with E-state index < -0.39 is 16.0 Å². The molecule has 1 aromatic carbocycles. The van der Waals surface area contributed by atoms with E-state index in [1.54, 1.807) is 6.07 Å². The SMILES string of the molecule is C[C@@H]1CN(S(=O)(=O)NCCOc2cccc(F)c2)C[C@@H](C)O1. The summed E-state index contributed by atoms with van der Waals surface area (Å²) in [4.78, 5) is 0. The Morgan fingerprint density at radius 2 is 2.05 bits per heavy atom. The van der Waals surface area contributed by atoms with Crippen LogP contribution in [0.1, 0.15) is 13.8 Å². The summed E-state index contributed by atoms with van der Waals surface area (Å²) >= 11 is 0. The van der Waals surface area contributed by atoms with Crippen molar-refractivity contribution < 1.29 is 22.3 Å². The van der Waals surface area contributed by atoms with Crippen LogP contribution in [-0.2, 0) is 14.9 Å². The lowest BCUT2D eigenvalue weighted by Crippen LogP contribution is -2.52. The number of benzene rings is 1. The fourth-order valence-corrected chi connectivity index (χ4v) is 3.65. The van der Waals surface area contributed by atoms with E-state index in [0.29, 0.717) is 18.8 Å². The van der Waals surface area contributed by atoms with Crippen molar-refractivity contribution in [1.29, 1.82) is 0 Å². The molecule has 0 aliphatic carbocycles. The molecule has 1 aliphatic rings. The van der Waals surface area contributed by atoms with Crippen LogP contribution in [0.15, 0.2) is 24.3 Å². The highest BCUT2D eigenvalue weighted by Crippen LogP contribution is 2.14. The number of rotatable bonds is 6. The van der Waals surface area contributed by atoms with E-state index >= 15 is 0 Å². The maximum Gasteiger partial charge on any atom is 0.279 e. The van der Waals surface area contributed by atoms with Gasteiger partial charge in [0.2, 0.25) is 0 Å². The fourth-order valence-electron chi connectivity index (χ4n) is 2.31. The monoisotopic (exact) mass is 332 g/mol. The van der Waals surface area contributed by atoms with Gasteiger partial charge in [-0.1, -0.05) is 6.07 Å². The third-order valence-electron chi connectivity index (χ3n) is 3.18. The van der Waals surface area contributed by atoms with Gasteiger partial charge >= 0.3 is 0 Å². The average Bonchev–Trinajstić information content (AvgIpc) is 2.43. The minimum atomic E-state index is -3.56. The lowest BCUT2D eigenvalue weighted by molar-refractivity contribution is -0.0444. The van der Waals surface area contributed by atoms with Gasteiger partial charge in [-0.3, -0.25) is 0 Å². The smallest absolute Gasteiger partial charge is 0.279 e. The van der Waals surface area contributed by atoms with Gasteiger partial charge in [0, 0.05) is 25.7 Å². The lowest BCUT2D eigenvalue weighted by atomic mass is 10.3. The molecule has 1 aromatic rings. The minimum Gasteiger partial charge on any atom is -0.492 e. The molecule has 0 amide bonds. The second kappa shape index (κ2) is 7.36. The quantitative estimate of drug-likeness (QED) is 0.794. The van der Waals surface area contributed by atoms with Crippen LogP contribution in [0.4, 0.5) is 4.39 Å². The molecule has 1 heterocycles. The zero-order valence-electron chi connectivity index (χ0n) is 12.7. The van der Waals surface area contributed by atoms with Crippen molar-refractivity contribution in [2.75, 3.05) is 26.2 Å². The van der Waals surface area contributed by atoms with Gasteiger partial charge in [0.15, 0.2) is 0 Å². The lowest BCUT2D eigenvalue weighted by Gasteiger charge is -2.34. The molecule has 0 radical (unpaired) electrons. The number of hydrogen-bond donors (Lipinski definition) is 1. The van der Waals surface area contributed by atoms with Crippen LogP contribution >= 0.6 is 0 Å². The van der Waals surface area contributed by atoms with Gasteiger partial charge in [-0.2, -0.15) is 17.4 Å². The predicted molar refractivity (Wildman–Crippen MR) is 80.4 cm³/mol. The number of nitrogens with zero attached hydrogens (tertiary/aromatic N) is 1. The highest BCUT2D eigenvalue weighted by molar-refractivity contribution is 7.87. The summed E-state index contributed by atoms with van der Waals surface area (Å²) in [6.45, 7) is 4.56. The van der Waals surface area contributed by atoms with Crippen molar-refractivity contribution in [3.8, 4) is 5.75 Å². The minimum absolute atomic E-state index is 0.110. The molecule has 0 unspecified atom stereocenters. The van der Waals surface area contributed by atoms with Crippen molar-refractivity contribution in [3.63, 3.8) is 0 Å². The Morgan fingerprint density at radius 1 is 1.36 bits per heavy atom. The molecule has 124 valence electrons. The first-order valence-electron chi connectivity index (χ1n) is 7.15. The van der Waals surface area contributed by atoms with E-state index in [4.69, 9.17) is 9.47 Å². The molecule has 1 aliphatic heterocycles. The number of ether oxygens (including phenoxy) is 2. The summed E-state index contributed by atoms with van der Waals surface area (Å²) in [6.07, 6.45) is -0.271. The molecule has 22 heavy (non-hydrogen) atoms. The van der Waals surface area contributed by atoms with E-state index in [-0.39, 0.29) is 25.4 Å². The first-order chi connectivity index (χ1) is 10.4. The number of hydrogen-bond acceptors (Lipinski definition) is 4. The molecular formula is C14H21FN2O4S. The summed E-state index contributed by atoms with van der Waals surface area (Å²) in [5, 5.41) is 0. The van der Waals surface area contributed by atoms with Gasteiger partial charge in [0.25, 0.3) is 10.2 Å². The first-order valence-corrected chi connectivity index (χ1v) is 8.59. The highest BCUT2D eigenvalue weighted by atomic mass is 32.2. The normalized spacial score (nSPS) is 23.4. The van der Waals surface area contributed by atoms with Gasteiger partial charge in [-0.05, 0) is 26.0 Å². The third-order valence-corrected chi connectivity index (χ3v) is 4.72. The molecule has 0 saturated carbocycles. The molecule has 2 atom stereocenters. The zero-order chi connectivity index (χ0) is 16.2. The number of nitrogens with one attached hydrogen (secondary N) is 1. The van der Waals surface area contributed by atoms with Crippen LogP contribution in [0.2, 0.25) is 0 Å². The van der Waals surface area contributed by atoms with Crippen molar-refractivity contribution in [2.45, 2.75) is 26.1 Å². The average molecular weight is 332 g/mol. The van der Waals surface area contributed by atoms with Crippen molar-refractivity contribution in [1.82, 2.24) is 9.03 Å². The third kappa shape index (κ3) is 4.91. The molecule has 8 heteroatoms. The van der Waals surface area contributed by atoms with E-state index in [0.717, 1.165) is 0 Å². The summed E-state index contributed by atoms with van der Waals surface area (Å²) < 4.78 is 52.0. The van der Waals surface area contributed by atoms with Gasteiger partial charge in [0.05, 0.1) is 12.2 Å². The van der Waals surface area contributed by atoms with Crippen LogP contribution in [-0.4, -0.2) is 51.2 Å². The molecule has 1 N–H and O–H groups in total. The van der Waals surface area contributed by atoms with E-state index in [1.165, 1.54) is 22.5 Å². The van der Waals surface area contributed by atoms with Crippen LogP contribution in [0.3, 0.4) is 0 Å². The summed E-state index contributed by atoms with van der Waals surface area (Å²) in [6, 6.07) is 5.71. The number of morpholine rings is 1. The van der Waals surface area contributed by atoms with Gasteiger partial charge in [0.1, 0.15) is 18.2 Å². The zero-order valence-corrected chi connectivity index (χ0v) is 13.5. The van der Waals surface area contributed by atoms with Crippen molar-refractivity contribution >= 4 is 10.2 Å². The Hall–Kier alpha value is -1.22. The topological polar surface area (TPSA) is 67.9 Å². The molecule has 0 spiro atoms. The maximum absolute atomic E-state index is 13.0. The second-order valence-electron chi connectivity index (χ2n) is 5.28.